The molecular formula is C15H17BrN2O2. The van der Waals surface area contributed by atoms with Crippen molar-refractivity contribution < 1.29 is 9.21 Å². The van der Waals surface area contributed by atoms with Crippen molar-refractivity contribution in [3.8, 4) is 11.3 Å². The van der Waals surface area contributed by atoms with Gasteiger partial charge in [-0.3, -0.25) is 4.79 Å². The third-order valence-electron chi connectivity index (χ3n) is 2.82. The van der Waals surface area contributed by atoms with Crippen LogP contribution in [-0.2, 0) is 11.2 Å². The third kappa shape index (κ3) is 4.20. The van der Waals surface area contributed by atoms with Crippen LogP contribution in [0.3, 0.4) is 0 Å². The molecule has 1 amide bonds. The summed E-state index contributed by atoms with van der Waals surface area (Å²) in [6.45, 7) is 2.74. The largest absolute Gasteiger partial charge is 0.441 e. The molecule has 1 heterocycles. The molecule has 0 radical (unpaired) electrons. The van der Waals surface area contributed by atoms with E-state index in [0.29, 0.717) is 25.3 Å². The van der Waals surface area contributed by atoms with Crippen LogP contribution in [0.4, 0.5) is 0 Å². The predicted octanol–water partition coefficient (Wildman–Crippen LogP) is 3.56. The molecule has 2 rings (SSSR count). The van der Waals surface area contributed by atoms with E-state index in [2.05, 4.69) is 26.2 Å². The Labute approximate surface area is 126 Å². The molecule has 20 heavy (non-hydrogen) atoms. The summed E-state index contributed by atoms with van der Waals surface area (Å²) in [6, 6.07) is 7.83. The summed E-state index contributed by atoms with van der Waals surface area (Å²) >= 11 is 3.39. The standard InChI is InChI=1S/C15H17BrN2O2/c1-2-9-17-14(19)7-8-15-18-10-13(20-15)11-3-5-12(16)6-4-11/h3-6,10H,2,7-9H2,1H3,(H,17,19). The zero-order valence-corrected chi connectivity index (χ0v) is 12.9. The van der Waals surface area contributed by atoms with Gasteiger partial charge in [-0.05, 0) is 18.6 Å². The molecule has 5 heteroatoms. The molecule has 0 saturated heterocycles. The van der Waals surface area contributed by atoms with E-state index in [9.17, 15) is 4.79 Å². The van der Waals surface area contributed by atoms with Crippen molar-refractivity contribution in [1.29, 1.82) is 0 Å². The average molecular weight is 337 g/mol. The van der Waals surface area contributed by atoms with Crippen LogP contribution >= 0.6 is 15.9 Å². The monoisotopic (exact) mass is 336 g/mol. The van der Waals surface area contributed by atoms with Crippen LogP contribution in [0, 0.1) is 0 Å². The lowest BCUT2D eigenvalue weighted by atomic mass is 10.2. The van der Waals surface area contributed by atoms with Gasteiger partial charge in [0.15, 0.2) is 11.7 Å². The second-order valence-corrected chi connectivity index (χ2v) is 5.39. The lowest BCUT2D eigenvalue weighted by Crippen LogP contribution is -2.24. The number of aryl methyl sites for hydroxylation is 1. The summed E-state index contributed by atoms with van der Waals surface area (Å²) in [7, 11) is 0. The number of rotatable bonds is 6. The highest BCUT2D eigenvalue weighted by Gasteiger charge is 2.08. The molecule has 1 aromatic heterocycles. The number of hydrogen-bond acceptors (Lipinski definition) is 3. The van der Waals surface area contributed by atoms with Crippen molar-refractivity contribution in [3.63, 3.8) is 0 Å². The first-order valence-electron chi connectivity index (χ1n) is 6.66. The average Bonchev–Trinajstić information content (AvgIpc) is 2.92. The molecular weight excluding hydrogens is 320 g/mol. The van der Waals surface area contributed by atoms with Crippen LogP contribution in [0.5, 0.6) is 0 Å². The Kier molecular flexibility index (Phi) is 5.35. The van der Waals surface area contributed by atoms with Crippen LogP contribution in [0.2, 0.25) is 0 Å². The molecule has 0 aliphatic rings. The molecule has 0 aliphatic carbocycles. The summed E-state index contributed by atoms with van der Waals surface area (Å²) in [6.07, 6.45) is 3.56. The number of benzene rings is 1. The Hall–Kier alpha value is -1.62. The Morgan fingerprint density at radius 2 is 2.10 bits per heavy atom. The van der Waals surface area contributed by atoms with Crippen LogP contribution in [-0.4, -0.2) is 17.4 Å². The summed E-state index contributed by atoms with van der Waals surface area (Å²) in [5, 5.41) is 2.83. The van der Waals surface area contributed by atoms with Gasteiger partial charge in [-0.2, -0.15) is 0 Å². The zero-order valence-electron chi connectivity index (χ0n) is 11.4. The molecule has 1 N–H and O–H groups in total. The Bertz CT molecular complexity index is 564. The number of carbonyl (C=O) groups excluding carboxylic acids is 1. The van der Waals surface area contributed by atoms with Gasteiger partial charge in [0, 0.05) is 29.4 Å². The van der Waals surface area contributed by atoms with E-state index in [1.807, 2.05) is 31.2 Å². The molecule has 1 aromatic carbocycles. The van der Waals surface area contributed by atoms with E-state index in [4.69, 9.17) is 4.42 Å². The number of oxazole rings is 1. The fraction of sp³-hybridized carbons (Fsp3) is 0.333. The van der Waals surface area contributed by atoms with E-state index in [0.717, 1.165) is 22.2 Å². The highest BCUT2D eigenvalue weighted by molar-refractivity contribution is 9.10. The molecule has 2 aromatic rings. The predicted molar refractivity (Wildman–Crippen MR) is 81.3 cm³/mol. The second-order valence-electron chi connectivity index (χ2n) is 4.48. The molecule has 0 saturated carbocycles. The van der Waals surface area contributed by atoms with Crippen LogP contribution < -0.4 is 5.32 Å². The number of aromatic nitrogens is 1. The maximum Gasteiger partial charge on any atom is 0.220 e. The maximum atomic E-state index is 11.5. The van der Waals surface area contributed by atoms with Crippen molar-refractivity contribution in [1.82, 2.24) is 10.3 Å². The summed E-state index contributed by atoms with van der Waals surface area (Å²) in [5.74, 6) is 1.35. The summed E-state index contributed by atoms with van der Waals surface area (Å²) < 4.78 is 6.68. The number of nitrogens with zero attached hydrogens (tertiary/aromatic N) is 1. The smallest absolute Gasteiger partial charge is 0.220 e. The Morgan fingerprint density at radius 3 is 2.80 bits per heavy atom. The van der Waals surface area contributed by atoms with Gasteiger partial charge in [0.25, 0.3) is 0 Å². The zero-order chi connectivity index (χ0) is 14.4. The van der Waals surface area contributed by atoms with Gasteiger partial charge in [-0.1, -0.05) is 35.0 Å². The summed E-state index contributed by atoms with van der Waals surface area (Å²) in [4.78, 5) is 15.7. The molecule has 106 valence electrons. The first-order chi connectivity index (χ1) is 9.69. The van der Waals surface area contributed by atoms with Gasteiger partial charge < -0.3 is 9.73 Å². The summed E-state index contributed by atoms with van der Waals surface area (Å²) in [5.41, 5.74) is 0.974. The van der Waals surface area contributed by atoms with Gasteiger partial charge in [-0.25, -0.2) is 4.98 Å². The minimum absolute atomic E-state index is 0.0373. The second kappa shape index (κ2) is 7.24. The maximum absolute atomic E-state index is 11.5. The van der Waals surface area contributed by atoms with Gasteiger partial charge >= 0.3 is 0 Å². The Morgan fingerprint density at radius 1 is 1.35 bits per heavy atom. The fourth-order valence-electron chi connectivity index (χ4n) is 1.75. The van der Waals surface area contributed by atoms with Crippen molar-refractivity contribution in [3.05, 3.63) is 40.8 Å². The van der Waals surface area contributed by atoms with E-state index in [1.165, 1.54) is 0 Å². The normalized spacial score (nSPS) is 10.5. The van der Waals surface area contributed by atoms with E-state index >= 15 is 0 Å². The number of hydrogen-bond donors (Lipinski definition) is 1. The first-order valence-corrected chi connectivity index (χ1v) is 7.45. The van der Waals surface area contributed by atoms with Crippen LogP contribution in [0.15, 0.2) is 39.4 Å². The highest BCUT2D eigenvalue weighted by Crippen LogP contribution is 2.22. The lowest BCUT2D eigenvalue weighted by molar-refractivity contribution is -0.121. The molecule has 0 fully saturated rings. The minimum atomic E-state index is 0.0373. The van der Waals surface area contributed by atoms with Crippen molar-refractivity contribution >= 4 is 21.8 Å². The first kappa shape index (κ1) is 14.8. The van der Waals surface area contributed by atoms with Gasteiger partial charge in [0.2, 0.25) is 5.91 Å². The molecule has 0 bridgehead atoms. The quantitative estimate of drug-likeness (QED) is 0.877. The lowest BCUT2D eigenvalue weighted by Gasteiger charge is -2.01. The number of halogens is 1. The van der Waals surface area contributed by atoms with E-state index in [-0.39, 0.29) is 5.91 Å². The third-order valence-corrected chi connectivity index (χ3v) is 3.35. The molecule has 0 aliphatic heterocycles. The highest BCUT2D eigenvalue weighted by atomic mass is 79.9. The molecule has 0 atom stereocenters. The number of amides is 1. The fourth-order valence-corrected chi connectivity index (χ4v) is 2.01. The molecule has 0 unspecified atom stereocenters. The van der Waals surface area contributed by atoms with Crippen LogP contribution in [0.1, 0.15) is 25.7 Å². The molecule has 4 nitrogen and oxygen atoms in total. The van der Waals surface area contributed by atoms with Crippen LogP contribution in [0.25, 0.3) is 11.3 Å². The molecule has 0 spiro atoms. The van der Waals surface area contributed by atoms with E-state index < -0.39 is 0 Å². The Balaban J connectivity index is 1.92. The topological polar surface area (TPSA) is 55.1 Å². The van der Waals surface area contributed by atoms with Crippen molar-refractivity contribution in [2.75, 3.05) is 6.54 Å². The van der Waals surface area contributed by atoms with Gasteiger partial charge in [-0.15, -0.1) is 0 Å². The number of nitrogens with one attached hydrogen (secondary N) is 1. The minimum Gasteiger partial charge on any atom is -0.441 e. The SMILES string of the molecule is CCCNC(=O)CCc1ncc(-c2ccc(Br)cc2)o1. The van der Waals surface area contributed by atoms with Gasteiger partial charge in [0.05, 0.1) is 6.20 Å². The number of carbonyl (C=O) groups is 1. The van der Waals surface area contributed by atoms with Crippen molar-refractivity contribution in [2.45, 2.75) is 26.2 Å². The van der Waals surface area contributed by atoms with Gasteiger partial charge in [0.1, 0.15) is 0 Å². The van der Waals surface area contributed by atoms with E-state index in [1.54, 1.807) is 6.20 Å². The van der Waals surface area contributed by atoms with Crippen molar-refractivity contribution in [2.24, 2.45) is 0 Å².